The molecule has 0 spiro atoms. The van der Waals surface area contributed by atoms with Gasteiger partial charge in [-0.3, -0.25) is 4.79 Å². The molecule has 0 aromatic heterocycles. The van der Waals surface area contributed by atoms with Crippen LogP contribution < -0.4 is 0 Å². The van der Waals surface area contributed by atoms with Gasteiger partial charge in [-0.2, -0.15) is 0 Å². The molecular weight excluding hydrogens is 297 g/mol. The highest BCUT2D eigenvalue weighted by molar-refractivity contribution is 6.37. The fourth-order valence-electron chi connectivity index (χ4n) is 1.52. The lowest BCUT2D eigenvalue weighted by molar-refractivity contribution is 0.103. The lowest BCUT2D eigenvalue weighted by Gasteiger charge is -2.05. The first-order valence-corrected chi connectivity index (χ1v) is 6.07. The fourth-order valence-corrected chi connectivity index (χ4v) is 2.26. The first-order chi connectivity index (χ1) is 8.49. The van der Waals surface area contributed by atoms with Gasteiger partial charge in [0.2, 0.25) is 0 Å². The minimum absolute atomic E-state index is 0.0787. The van der Waals surface area contributed by atoms with E-state index in [1.165, 1.54) is 36.4 Å². The van der Waals surface area contributed by atoms with Crippen LogP contribution in [0.25, 0.3) is 0 Å². The number of benzene rings is 2. The molecule has 92 valence electrons. The van der Waals surface area contributed by atoms with E-state index in [1.807, 2.05) is 0 Å². The molecule has 0 fully saturated rings. The molecule has 0 aliphatic heterocycles. The molecule has 0 unspecified atom stereocenters. The van der Waals surface area contributed by atoms with Crippen LogP contribution in [0.3, 0.4) is 0 Å². The Morgan fingerprint density at radius 3 is 2.22 bits per heavy atom. The van der Waals surface area contributed by atoms with Gasteiger partial charge in [0.15, 0.2) is 5.78 Å². The number of carbonyl (C=O) groups excluding carboxylic acids is 1. The summed E-state index contributed by atoms with van der Waals surface area (Å²) in [6.45, 7) is 0. The van der Waals surface area contributed by atoms with Crippen LogP contribution in [0, 0.1) is 5.82 Å². The molecule has 2 aromatic rings. The molecular formula is C13H6Cl3FO. The Kier molecular flexibility index (Phi) is 3.91. The van der Waals surface area contributed by atoms with Gasteiger partial charge in [0.05, 0.1) is 5.02 Å². The Balaban J connectivity index is 2.51. The first kappa shape index (κ1) is 13.3. The van der Waals surface area contributed by atoms with E-state index < -0.39 is 11.6 Å². The molecule has 0 atom stereocenters. The van der Waals surface area contributed by atoms with Gasteiger partial charge in [-0.05, 0) is 30.3 Å². The van der Waals surface area contributed by atoms with E-state index in [-0.39, 0.29) is 16.1 Å². The smallest absolute Gasteiger partial charge is 0.194 e. The van der Waals surface area contributed by atoms with Crippen LogP contribution in [-0.4, -0.2) is 5.78 Å². The quantitative estimate of drug-likeness (QED) is 0.712. The summed E-state index contributed by atoms with van der Waals surface area (Å²) in [5.74, 6) is -1.07. The van der Waals surface area contributed by atoms with Crippen LogP contribution in [0.1, 0.15) is 15.9 Å². The van der Waals surface area contributed by atoms with Crippen molar-refractivity contribution in [3.05, 3.63) is 68.4 Å². The third kappa shape index (κ3) is 2.66. The number of halogens is 4. The second-order valence-electron chi connectivity index (χ2n) is 3.59. The zero-order valence-corrected chi connectivity index (χ0v) is 11.2. The number of hydrogen-bond donors (Lipinski definition) is 0. The summed E-state index contributed by atoms with van der Waals surface area (Å²) in [4.78, 5) is 12.2. The van der Waals surface area contributed by atoms with Gasteiger partial charge >= 0.3 is 0 Å². The third-order valence-electron chi connectivity index (χ3n) is 2.32. The van der Waals surface area contributed by atoms with E-state index in [0.29, 0.717) is 10.0 Å². The number of hydrogen-bond acceptors (Lipinski definition) is 1. The number of carbonyl (C=O) groups is 1. The van der Waals surface area contributed by atoms with Crippen molar-refractivity contribution in [3.8, 4) is 0 Å². The molecule has 0 aliphatic rings. The second-order valence-corrected chi connectivity index (χ2v) is 4.84. The van der Waals surface area contributed by atoms with Gasteiger partial charge < -0.3 is 0 Å². The summed E-state index contributed by atoms with van der Waals surface area (Å²) in [5, 5.41) is 0.454. The van der Waals surface area contributed by atoms with E-state index >= 15 is 0 Å². The van der Waals surface area contributed by atoms with Crippen molar-refractivity contribution in [2.75, 3.05) is 0 Å². The Morgan fingerprint density at radius 2 is 1.61 bits per heavy atom. The average Bonchev–Trinajstić information content (AvgIpc) is 2.30. The topological polar surface area (TPSA) is 17.1 Å². The molecule has 0 aliphatic carbocycles. The molecule has 2 rings (SSSR count). The van der Waals surface area contributed by atoms with E-state index in [2.05, 4.69) is 0 Å². The number of rotatable bonds is 2. The van der Waals surface area contributed by atoms with E-state index in [0.717, 1.165) is 0 Å². The standard InChI is InChI=1S/C13H6Cl3FO/c14-8-4-7(5-9(15)6-8)13(18)10-2-1-3-11(17)12(10)16/h1-6H. The van der Waals surface area contributed by atoms with Crippen LogP contribution in [0.15, 0.2) is 36.4 Å². The van der Waals surface area contributed by atoms with Crippen molar-refractivity contribution in [2.45, 2.75) is 0 Å². The SMILES string of the molecule is O=C(c1cc(Cl)cc(Cl)c1)c1cccc(F)c1Cl. The molecule has 0 heterocycles. The summed E-state index contributed by atoms with van der Waals surface area (Å²) in [6.07, 6.45) is 0. The molecule has 2 aromatic carbocycles. The highest BCUT2D eigenvalue weighted by Crippen LogP contribution is 2.25. The second kappa shape index (κ2) is 5.27. The molecule has 0 saturated heterocycles. The minimum Gasteiger partial charge on any atom is -0.289 e. The zero-order chi connectivity index (χ0) is 13.3. The van der Waals surface area contributed by atoms with Gasteiger partial charge in [-0.25, -0.2) is 4.39 Å². The van der Waals surface area contributed by atoms with Gasteiger partial charge in [0.1, 0.15) is 5.82 Å². The highest BCUT2D eigenvalue weighted by atomic mass is 35.5. The van der Waals surface area contributed by atoms with Crippen LogP contribution in [0.5, 0.6) is 0 Å². The molecule has 0 amide bonds. The zero-order valence-electron chi connectivity index (χ0n) is 8.88. The molecule has 5 heteroatoms. The summed E-state index contributed by atoms with van der Waals surface area (Å²) < 4.78 is 13.3. The first-order valence-electron chi connectivity index (χ1n) is 4.94. The Morgan fingerprint density at radius 1 is 1.00 bits per heavy atom. The predicted octanol–water partition coefficient (Wildman–Crippen LogP) is 5.02. The molecule has 18 heavy (non-hydrogen) atoms. The van der Waals surface area contributed by atoms with Crippen LogP contribution in [0.4, 0.5) is 4.39 Å². The largest absolute Gasteiger partial charge is 0.289 e. The van der Waals surface area contributed by atoms with Crippen molar-refractivity contribution in [1.29, 1.82) is 0 Å². The fraction of sp³-hybridized carbons (Fsp3) is 0. The monoisotopic (exact) mass is 302 g/mol. The van der Waals surface area contributed by atoms with Crippen LogP contribution in [-0.2, 0) is 0 Å². The number of ketones is 1. The van der Waals surface area contributed by atoms with Gasteiger partial charge in [0.25, 0.3) is 0 Å². The lowest BCUT2D eigenvalue weighted by Crippen LogP contribution is -2.03. The Labute approximate surface area is 118 Å². The Bertz CT molecular complexity index is 605. The van der Waals surface area contributed by atoms with E-state index in [9.17, 15) is 9.18 Å². The molecule has 1 nitrogen and oxygen atoms in total. The Hall–Kier alpha value is -1.09. The third-order valence-corrected chi connectivity index (χ3v) is 3.14. The maximum Gasteiger partial charge on any atom is 0.194 e. The van der Waals surface area contributed by atoms with Crippen molar-refractivity contribution in [3.63, 3.8) is 0 Å². The summed E-state index contributed by atoms with van der Waals surface area (Å²) in [7, 11) is 0. The average molecular weight is 304 g/mol. The van der Waals surface area contributed by atoms with Crippen molar-refractivity contribution < 1.29 is 9.18 Å². The predicted molar refractivity (Wildman–Crippen MR) is 71.3 cm³/mol. The van der Waals surface area contributed by atoms with Crippen molar-refractivity contribution in [2.24, 2.45) is 0 Å². The highest BCUT2D eigenvalue weighted by Gasteiger charge is 2.16. The molecule has 0 N–H and O–H groups in total. The maximum absolute atomic E-state index is 13.3. The summed E-state index contributed by atoms with van der Waals surface area (Å²) >= 11 is 17.4. The van der Waals surface area contributed by atoms with Gasteiger partial charge in [-0.1, -0.05) is 40.9 Å². The summed E-state index contributed by atoms with van der Waals surface area (Å²) in [5.41, 5.74) is 0.343. The minimum atomic E-state index is -0.643. The maximum atomic E-state index is 13.3. The molecule has 0 saturated carbocycles. The van der Waals surface area contributed by atoms with Crippen molar-refractivity contribution >= 4 is 40.6 Å². The van der Waals surface area contributed by atoms with Gasteiger partial charge in [0, 0.05) is 21.2 Å². The lowest BCUT2D eigenvalue weighted by atomic mass is 10.0. The molecule has 0 radical (unpaired) electrons. The molecule has 0 bridgehead atoms. The summed E-state index contributed by atoms with van der Waals surface area (Å²) in [6, 6.07) is 8.47. The van der Waals surface area contributed by atoms with Crippen LogP contribution in [0.2, 0.25) is 15.1 Å². The van der Waals surface area contributed by atoms with E-state index in [1.54, 1.807) is 0 Å². The van der Waals surface area contributed by atoms with Crippen molar-refractivity contribution in [1.82, 2.24) is 0 Å². The van der Waals surface area contributed by atoms with Crippen LogP contribution >= 0.6 is 34.8 Å². The van der Waals surface area contributed by atoms with E-state index in [4.69, 9.17) is 34.8 Å². The van der Waals surface area contributed by atoms with Gasteiger partial charge in [-0.15, -0.1) is 0 Å². The normalized spacial score (nSPS) is 10.4.